The van der Waals surface area contributed by atoms with E-state index in [1.54, 1.807) is 30.3 Å². The molecule has 7 heteroatoms. The Balaban J connectivity index is 1.65. The maximum Gasteiger partial charge on any atom is 0.387 e. The number of carbonyl (C=O) groups excluding carboxylic acids is 1. The zero-order valence-corrected chi connectivity index (χ0v) is 12.2. The van der Waals surface area contributed by atoms with Crippen LogP contribution in [0.25, 0.3) is 0 Å². The third kappa shape index (κ3) is 3.61. The third-order valence-electron chi connectivity index (χ3n) is 3.69. The smallest absolute Gasteiger partial charge is 0.387 e. The van der Waals surface area contributed by atoms with Gasteiger partial charge in [0.1, 0.15) is 5.75 Å². The molecule has 1 fully saturated rings. The monoisotopic (exact) mass is 322 g/mol. The molecule has 0 bridgehead atoms. The molecule has 1 N–H and O–H groups in total. The molecule has 1 aromatic heterocycles. The second-order valence-electron chi connectivity index (χ2n) is 5.23. The first-order valence-electron chi connectivity index (χ1n) is 7.26. The molecular weight excluding hydrogens is 306 g/mol. The highest BCUT2D eigenvalue weighted by atomic mass is 19.3. The summed E-state index contributed by atoms with van der Waals surface area (Å²) in [6.45, 7) is -1.70. The largest absolute Gasteiger partial charge is 0.459 e. The Morgan fingerprint density at radius 2 is 2.13 bits per heavy atom. The molecule has 0 spiro atoms. The highest BCUT2D eigenvalue weighted by molar-refractivity contribution is 5.91. The van der Waals surface area contributed by atoms with E-state index in [1.165, 1.54) is 12.3 Å². The molecule has 1 aliphatic heterocycles. The minimum Gasteiger partial charge on any atom is -0.459 e. The number of benzene rings is 1. The van der Waals surface area contributed by atoms with Gasteiger partial charge in [0, 0.05) is 19.1 Å². The van der Waals surface area contributed by atoms with E-state index in [2.05, 4.69) is 10.1 Å². The van der Waals surface area contributed by atoms with Crippen LogP contribution in [-0.4, -0.2) is 31.7 Å². The van der Waals surface area contributed by atoms with E-state index in [-0.39, 0.29) is 23.5 Å². The molecule has 1 aromatic carbocycles. The van der Waals surface area contributed by atoms with Crippen molar-refractivity contribution in [3.05, 3.63) is 48.4 Å². The van der Waals surface area contributed by atoms with E-state index in [9.17, 15) is 13.6 Å². The van der Waals surface area contributed by atoms with E-state index in [4.69, 9.17) is 4.42 Å². The number of hydrogen-bond donors (Lipinski definition) is 1. The molecular formula is C16H16F2N2O3. The van der Waals surface area contributed by atoms with Gasteiger partial charge in [0.15, 0.2) is 5.76 Å². The van der Waals surface area contributed by atoms with E-state index >= 15 is 0 Å². The number of nitrogens with one attached hydrogen (secondary N) is 1. The first-order valence-corrected chi connectivity index (χ1v) is 7.26. The van der Waals surface area contributed by atoms with Crippen molar-refractivity contribution in [3.8, 4) is 5.75 Å². The van der Waals surface area contributed by atoms with Gasteiger partial charge in [-0.3, -0.25) is 4.79 Å². The van der Waals surface area contributed by atoms with Gasteiger partial charge >= 0.3 is 6.61 Å². The molecule has 1 saturated heterocycles. The van der Waals surface area contributed by atoms with Crippen LogP contribution in [0.1, 0.15) is 17.0 Å². The summed E-state index contributed by atoms with van der Waals surface area (Å²) in [7, 11) is 0. The summed E-state index contributed by atoms with van der Waals surface area (Å²) < 4.78 is 34.6. The Labute approximate surface area is 131 Å². The molecule has 0 aliphatic carbocycles. The summed E-state index contributed by atoms with van der Waals surface area (Å²) >= 11 is 0. The zero-order chi connectivity index (χ0) is 16.2. The third-order valence-corrected chi connectivity index (χ3v) is 3.69. The second-order valence-corrected chi connectivity index (χ2v) is 5.23. The molecule has 122 valence electrons. The molecule has 3 rings (SSSR count). The Bertz CT molecular complexity index is 661. The van der Waals surface area contributed by atoms with Gasteiger partial charge < -0.3 is 19.4 Å². The SMILES string of the molecule is O=C(NC1CCN(c2ccccc2OC(F)F)C1)c1ccco1. The lowest BCUT2D eigenvalue weighted by atomic mass is 10.2. The average molecular weight is 322 g/mol. The fourth-order valence-corrected chi connectivity index (χ4v) is 2.68. The van der Waals surface area contributed by atoms with Gasteiger partial charge in [-0.2, -0.15) is 8.78 Å². The number of furan rings is 1. The van der Waals surface area contributed by atoms with E-state index in [1.807, 2.05) is 4.90 Å². The van der Waals surface area contributed by atoms with Gasteiger partial charge in [-0.15, -0.1) is 0 Å². The number of alkyl halides is 2. The standard InChI is InChI=1S/C16H16F2N2O3/c17-16(18)23-13-5-2-1-4-12(13)20-8-7-11(10-20)19-15(21)14-6-3-9-22-14/h1-6,9,11,16H,7-8,10H2,(H,19,21). The van der Waals surface area contributed by atoms with Crippen LogP contribution < -0.4 is 15.0 Å². The summed E-state index contributed by atoms with van der Waals surface area (Å²) in [5.74, 6) is 0.115. The molecule has 0 radical (unpaired) electrons. The molecule has 1 atom stereocenters. The Kier molecular flexibility index (Phi) is 4.45. The van der Waals surface area contributed by atoms with Crippen molar-refractivity contribution in [3.63, 3.8) is 0 Å². The Morgan fingerprint density at radius 3 is 2.87 bits per heavy atom. The van der Waals surface area contributed by atoms with Crippen LogP contribution in [0, 0.1) is 0 Å². The number of carbonyl (C=O) groups is 1. The topological polar surface area (TPSA) is 54.7 Å². The van der Waals surface area contributed by atoms with Crippen molar-refractivity contribution < 1.29 is 22.7 Å². The number of rotatable bonds is 5. The van der Waals surface area contributed by atoms with Crippen LogP contribution in [0.15, 0.2) is 47.1 Å². The van der Waals surface area contributed by atoms with Crippen LogP contribution in [-0.2, 0) is 0 Å². The van der Waals surface area contributed by atoms with Crippen LogP contribution >= 0.6 is 0 Å². The average Bonchev–Trinajstić information content (AvgIpc) is 3.18. The number of hydrogen-bond acceptors (Lipinski definition) is 4. The normalized spacial score (nSPS) is 17.5. The Morgan fingerprint density at radius 1 is 1.30 bits per heavy atom. The van der Waals surface area contributed by atoms with Gasteiger partial charge in [-0.1, -0.05) is 12.1 Å². The number of nitrogens with zero attached hydrogens (tertiary/aromatic N) is 1. The number of para-hydroxylation sites is 2. The number of anilines is 1. The van der Waals surface area contributed by atoms with E-state index in [0.717, 1.165) is 6.42 Å². The van der Waals surface area contributed by atoms with Crippen molar-refractivity contribution in [2.24, 2.45) is 0 Å². The number of halogens is 2. The van der Waals surface area contributed by atoms with Gasteiger partial charge in [0.25, 0.3) is 5.91 Å². The van der Waals surface area contributed by atoms with Gasteiger partial charge in [-0.25, -0.2) is 0 Å². The molecule has 23 heavy (non-hydrogen) atoms. The minimum atomic E-state index is -2.87. The lowest BCUT2D eigenvalue weighted by Crippen LogP contribution is -2.37. The first kappa shape index (κ1) is 15.3. The van der Waals surface area contributed by atoms with Gasteiger partial charge in [-0.05, 0) is 30.7 Å². The summed E-state index contributed by atoms with van der Waals surface area (Å²) in [4.78, 5) is 13.9. The van der Waals surface area contributed by atoms with Crippen molar-refractivity contribution in [2.45, 2.75) is 19.1 Å². The molecule has 5 nitrogen and oxygen atoms in total. The van der Waals surface area contributed by atoms with Crippen LogP contribution in [0.3, 0.4) is 0 Å². The van der Waals surface area contributed by atoms with Crippen molar-refractivity contribution in [1.29, 1.82) is 0 Å². The van der Waals surface area contributed by atoms with Gasteiger partial charge in [0.05, 0.1) is 12.0 Å². The summed E-state index contributed by atoms with van der Waals surface area (Å²) in [6, 6.07) is 9.81. The molecule has 2 aromatic rings. The first-order chi connectivity index (χ1) is 11.1. The lowest BCUT2D eigenvalue weighted by Gasteiger charge is -2.21. The fourth-order valence-electron chi connectivity index (χ4n) is 2.68. The second kappa shape index (κ2) is 6.68. The number of amides is 1. The number of ether oxygens (including phenoxy) is 1. The maximum atomic E-state index is 12.5. The lowest BCUT2D eigenvalue weighted by molar-refractivity contribution is -0.0495. The summed E-state index contributed by atoms with van der Waals surface area (Å²) in [5.41, 5.74) is 0.600. The van der Waals surface area contributed by atoms with Crippen LogP contribution in [0.4, 0.5) is 14.5 Å². The molecule has 0 saturated carbocycles. The predicted molar refractivity (Wildman–Crippen MR) is 79.9 cm³/mol. The summed E-state index contributed by atoms with van der Waals surface area (Å²) in [6.07, 6.45) is 2.16. The van der Waals surface area contributed by atoms with Crippen molar-refractivity contribution in [2.75, 3.05) is 18.0 Å². The Hall–Kier alpha value is -2.57. The highest BCUT2D eigenvalue weighted by Crippen LogP contribution is 2.31. The molecule has 1 aliphatic rings. The zero-order valence-electron chi connectivity index (χ0n) is 12.2. The van der Waals surface area contributed by atoms with Crippen LogP contribution in [0.5, 0.6) is 5.75 Å². The van der Waals surface area contributed by atoms with Crippen LogP contribution in [0.2, 0.25) is 0 Å². The van der Waals surface area contributed by atoms with E-state index in [0.29, 0.717) is 18.8 Å². The minimum absolute atomic E-state index is 0.0767. The highest BCUT2D eigenvalue weighted by Gasteiger charge is 2.27. The van der Waals surface area contributed by atoms with Crippen molar-refractivity contribution >= 4 is 11.6 Å². The molecule has 1 amide bonds. The molecule has 1 unspecified atom stereocenters. The maximum absolute atomic E-state index is 12.5. The van der Waals surface area contributed by atoms with Crippen molar-refractivity contribution in [1.82, 2.24) is 5.32 Å². The summed E-state index contributed by atoms with van der Waals surface area (Å²) in [5, 5.41) is 2.88. The predicted octanol–water partition coefficient (Wildman–Crippen LogP) is 2.89. The van der Waals surface area contributed by atoms with Gasteiger partial charge in [0.2, 0.25) is 0 Å². The van der Waals surface area contributed by atoms with E-state index < -0.39 is 6.61 Å². The quantitative estimate of drug-likeness (QED) is 0.920. The fraction of sp³-hybridized carbons (Fsp3) is 0.312. The molecule has 2 heterocycles.